The summed E-state index contributed by atoms with van der Waals surface area (Å²) in [7, 11) is -0.293. The summed E-state index contributed by atoms with van der Waals surface area (Å²) in [6.07, 6.45) is 2.54. The van der Waals surface area contributed by atoms with Crippen molar-refractivity contribution < 1.29 is 17.9 Å². The molecule has 1 aromatic carbocycles. The summed E-state index contributed by atoms with van der Waals surface area (Å²) in [6.45, 7) is 0. The predicted octanol–water partition coefficient (Wildman–Crippen LogP) is 1.06. The van der Waals surface area contributed by atoms with Crippen molar-refractivity contribution in [2.24, 2.45) is 7.05 Å². The van der Waals surface area contributed by atoms with Crippen LogP contribution in [0.25, 0.3) is 0 Å². The number of carbonyl (C=O) groups excluding carboxylic acids is 1. The van der Waals surface area contributed by atoms with Crippen LogP contribution in [-0.4, -0.2) is 37.3 Å². The second-order valence-corrected chi connectivity index (χ2v) is 6.33. The number of sulfone groups is 1. The van der Waals surface area contributed by atoms with Gasteiger partial charge in [-0.15, -0.1) is 0 Å². The number of ketones is 1. The minimum absolute atomic E-state index is 0.101. The predicted molar refractivity (Wildman–Crippen MR) is 72.7 cm³/mol. The molecule has 0 amide bonds. The Morgan fingerprint density at radius 3 is 2.65 bits per heavy atom. The Kier molecular flexibility index (Phi) is 3.63. The Morgan fingerprint density at radius 1 is 1.35 bits per heavy atom. The Bertz CT molecular complexity index is 762. The van der Waals surface area contributed by atoms with Crippen molar-refractivity contribution in [2.45, 2.75) is 4.90 Å². The maximum absolute atomic E-state index is 12.5. The fourth-order valence-electron chi connectivity index (χ4n) is 1.83. The molecule has 0 radical (unpaired) electrons. The standard InChI is InChI=1S/C13H14N2O4S/c1-15-12(11(19-2)8-14-15)13(16)9-5-4-6-10(7-9)20(3,17)18/h4-8H,1-3H3. The van der Waals surface area contributed by atoms with Crippen LogP contribution in [-0.2, 0) is 16.9 Å². The largest absolute Gasteiger partial charge is 0.493 e. The minimum atomic E-state index is -3.36. The first-order valence-electron chi connectivity index (χ1n) is 5.75. The zero-order chi connectivity index (χ0) is 14.9. The lowest BCUT2D eigenvalue weighted by molar-refractivity contribution is 0.102. The third kappa shape index (κ3) is 2.57. The lowest BCUT2D eigenvalue weighted by Crippen LogP contribution is -2.10. The summed E-state index contributed by atoms with van der Waals surface area (Å²) in [5, 5.41) is 3.96. The Hall–Kier alpha value is -2.15. The molecule has 0 N–H and O–H groups in total. The number of aryl methyl sites for hydroxylation is 1. The van der Waals surface area contributed by atoms with Crippen LogP contribution in [0.4, 0.5) is 0 Å². The van der Waals surface area contributed by atoms with Crippen LogP contribution in [0.2, 0.25) is 0 Å². The molecule has 2 rings (SSSR count). The van der Waals surface area contributed by atoms with E-state index in [4.69, 9.17) is 4.74 Å². The molecule has 0 saturated heterocycles. The van der Waals surface area contributed by atoms with E-state index < -0.39 is 9.84 Å². The molecule has 0 unspecified atom stereocenters. The van der Waals surface area contributed by atoms with Crippen molar-refractivity contribution in [3.8, 4) is 5.75 Å². The zero-order valence-electron chi connectivity index (χ0n) is 11.3. The monoisotopic (exact) mass is 294 g/mol. The molecule has 6 nitrogen and oxygen atoms in total. The van der Waals surface area contributed by atoms with Gasteiger partial charge < -0.3 is 4.74 Å². The number of hydrogen-bond donors (Lipinski definition) is 0. The van der Waals surface area contributed by atoms with E-state index in [2.05, 4.69) is 5.10 Å². The SMILES string of the molecule is COc1cnn(C)c1C(=O)c1cccc(S(C)(=O)=O)c1. The number of rotatable bonds is 4. The van der Waals surface area contributed by atoms with E-state index in [1.807, 2.05) is 0 Å². The van der Waals surface area contributed by atoms with E-state index >= 15 is 0 Å². The van der Waals surface area contributed by atoms with Gasteiger partial charge in [0.05, 0.1) is 18.2 Å². The molecule has 1 heterocycles. The fraction of sp³-hybridized carbons (Fsp3) is 0.231. The molecule has 7 heteroatoms. The fourth-order valence-corrected chi connectivity index (χ4v) is 2.50. The summed E-state index contributed by atoms with van der Waals surface area (Å²) in [5.41, 5.74) is 0.549. The van der Waals surface area contributed by atoms with Gasteiger partial charge in [0.2, 0.25) is 5.78 Å². The summed E-state index contributed by atoms with van der Waals surface area (Å²) < 4.78 is 29.5. The lowest BCUT2D eigenvalue weighted by Gasteiger charge is -2.06. The third-order valence-electron chi connectivity index (χ3n) is 2.86. The highest BCUT2D eigenvalue weighted by Gasteiger charge is 2.20. The molecule has 2 aromatic rings. The van der Waals surface area contributed by atoms with E-state index in [1.165, 1.54) is 36.2 Å². The van der Waals surface area contributed by atoms with Crippen LogP contribution in [0.1, 0.15) is 16.1 Å². The van der Waals surface area contributed by atoms with Gasteiger partial charge in [-0.05, 0) is 12.1 Å². The van der Waals surface area contributed by atoms with Gasteiger partial charge in [-0.1, -0.05) is 12.1 Å². The minimum Gasteiger partial charge on any atom is -0.493 e. The van der Waals surface area contributed by atoms with Gasteiger partial charge in [-0.25, -0.2) is 8.42 Å². The summed E-state index contributed by atoms with van der Waals surface area (Å²) >= 11 is 0. The summed E-state index contributed by atoms with van der Waals surface area (Å²) in [4.78, 5) is 12.6. The summed E-state index contributed by atoms with van der Waals surface area (Å²) in [6, 6.07) is 5.90. The maximum atomic E-state index is 12.5. The number of nitrogens with zero attached hydrogens (tertiary/aromatic N) is 2. The van der Waals surface area contributed by atoms with Crippen LogP contribution in [0.3, 0.4) is 0 Å². The van der Waals surface area contributed by atoms with Crippen molar-refractivity contribution in [3.63, 3.8) is 0 Å². The molecule has 20 heavy (non-hydrogen) atoms. The summed E-state index contributed by atoms with van der Waals surface area (Å²) in [5.74, 6) is 0.00890. The molecule has 0 aliphatic rings. The Balaban J connectivity index is 2.52. The molecule has 0 aliphatic heterocycles. The Morgan fingerprint density at radius 2 is 2.05 bits per heavy atom. The van der Waals surface area contributed by atoms with Gasteiger partial charge >= 0.3 is 0 Å². The van der Waals surface area contributed by atoms with Crippen LogP contribution in [0.15, 0.2) is 35.4 Å². The number of carbonyl (C=O) groups is 1. The maximum Gasteiger partial charge on any atom is 0.214 e. The molecule has 0 spiro atoms. The molecule has 0 bridgehead atoms. The van der Waals surface area contributed by atoms with Crippen LogP contribution >= 0.6 is 0 Å². The van der Waals surface area contributed by atoms with Gasteiger partial charge in [-0.3, -0.25) is 9.48 Å². The number of aromatic nitrogens is 2. The highest BCUT2D eigenvalue weighted by molar-refractivity contribution is 7.90. The average Bonchev–Trinajstić information content (AvgIpc) is 2.78. The van der Waals surface area contributed by atoms with Crippen LogP contribution in [0, 0.1) is 0 Å². The van der Waals surface area contributed by atoms with E-state index in [0.29, 0.717) is 5.75 Å². The van der Waals surface area contributed by atoms with E-state index in [0.717, 1.165) is 6.26 Å². The van der Waals surface area contributed by atoms with Gasteiger partial charge in [0.1, 0.15) is 0 Å². The van der Waals surface area contributed by atoms with E-state index in [1.54, 1.807) is 13.1 Å². The van der Waals surface area contributed by atoms with Crippen molar-refractivity contribution >= 4 is 15.6 Å². The highest BCUT2D eigenvalue weighted by Crippen LogP contribution is 2.21. The van der Waals surface area contributed by atoms with Crippen molar-refractivity contribution in [2.75, 3.05) is 13.4 Å². The number of methoxy groups -OCH3 is 1. The lowest BCUT2D eigenvalue weighted by atomic mass is 10.1. The van der Waals surface area contributed by atoms with Gasteiger partial charge in [0.25, 0.3) is 0 Å². The molecule has 0 fully saturated rings. The molecule has 106 valence electrons. The number of hydrogen-bond acceptors (Lipinski definition) is 5. The molecular formula is C13H14N2O4S. The van der Waals surface area contributed by atoms with Crippen molar-refractivity contribution in [3.05, 3.63) is 41.7 Å². The smallest absolute Gasteiger partial charge is 0.214 e. The first-order chi connectivity index (χ1) is 9.34. The zero-order valence-corrected chi connectivity index (χ0v) is 12.1. The quantitative estimate of drug-likeness (QED) is 0.788. The third-order valence-corrected chi connectivity index (χ3v) is 3.97. The van der Waals surface area contributed by atoms with Gasteiger partial charge in [-0.2, -0.15) is 5.10 Å². The molecule has 0 atom stereocenters. The van der Waals surface area contributed by atoms with Gasteiger partial charge in [0.15, 0.2) is 21.3 Å². The average molecular weight is 294 g/mol. The number of benzene rings is 1. The van der Waals surface area contributed by atoms with E-state index in [9.17, 15) is 13.2 Å². The second kappa shape index (κ2) is 5.09. The number of ether oxygens (including phenoxy) is 1. The first-order valence-corrected chi connectivity index (χ1v) is 7.64. The van der Waals surface area contributed by atoms with E-state index in [-0.39, 0.29) is 21.9 Å². The van der Waals surface area contributed by atoms with Crippen molar-refractivity contribution in [1.29, 1.82) is 0 Å². The molecule has 1 aromatic heterocycles. The van der Waals surface area contributed by atoms with Crippen LogP contribution < -0.4 is 4.74 Å². The normalized spacial score (nSPS) is 11.3. The Labute approximate surface area is 116 Å². The molecular weight excluding hydrogens is 280 g/mol. The van der Waals surface area contributed by atoms with Crippen molar-refractivity contribution in [1.82, 2.24) is 9.78 Å². The molecule has 0 saturated carbocycles. The topological polar surface area (TPSA) is 78.3 Å². The molecule has 0 aliphatic carbocycles. The first kappa shape index (κ1) is 14.3. The van der Waals surface area contributed by atoms with Gasteiger partial charge in [0, 0.05) is 18.9 Å². The van der Waals surface area contributed by atoms with Crippen LogP contribution in [0.5, 0.6) is 5.75 Å². The second-order valence-electron chi connectivity index (χ2n) is 4.31. The highest BCUT2D eigenvalue weighted by atomic mass is 32.2.